The Morgan fingerprint density at radius 3 is 2.71 bits per heavy atom. The maximum Gasteiger partial charge on any atom is 0.270 e. The Bertz CT molecular complexity index is 1080. The predicted molar refractivity (Wildman–Crippen MR) is 113 cm³/mol. The third kappa shape index (κ3) is 5.82. The van der Waals surface area contributed by atoms with Crippen LogP contribution >= 0.6 is 11.3 Å². The Morgan fingerprint density at radius 1 is 1.23 bits per heavy atom. The minimum Gasteiger partial charge on any atom is -0.475 e. The molecule has 2 amide bonds. The predicted octanol–water partition coefficient (Wildman–Crippen LogP) is 4.18. The Hall–Kier alpha value is -3.40. The van der Waals surface area contributed by atoms with Crippen LogP contribution in [0.3, 0.4) is 0 Å². The van der Waals surface area contributed by atoms with Gasteiger partial charge in [0.1, 0.15) is 5.82 Å². The SMILES string of the molecule is CCC(C)(Oc1ccc(F)cc1F)C(=O)Nc1nc(CC(=O)Nc2cccnc2)cs1. The summed E-state index contributed by atoms with van der Waals surface area (Å²) >= 11 is 1.15. The summed E-state index contributed by atoms with van der Waals surface area (Å²) in [7, 11) is 0. The van der Waals surface area contributed by atoms with Crippen molar-refractivity contribution in [3.05, 3.63) is 65.4 Å². The zero-order valence-corrected chi connectivity index (χ0v) is 17.6. The average molecular weight is 446 g/mol. The minimum atomic E-state index is -1.41. The molecule has 0 aliphatic carbocycles. The van der Waals surface area contributed by atoms with Crippen molar-refractivity contribution in [2.24, 2.45) is 0 Å². The van der Waals surface area contributed by atoms with Gasteiger partial charge in [0.25, 0.3) is 5.91 Å². The lowest BCUT2D eigenvalue weighted by atomic mass is 10.0. The van der Waals surface area contributed by atoms with E-state index >= 15 is 0 Å². The van der Waals surface area contributed by atoms with Crippen molar-refractivity contribution in [2.45, 2.75) is 32.3 Å². The normalized spacial score (nSPS) is 12.6. The van der Waals surface area contributed by atoms with Gasteiger partial charge in [-0.3, -0.25) is 19.9 Å². The van der Waals surface area contributed by atoms with Crippen LogP contribution in [-0.4, -0.2) is 27.4 Å². The number of rotatable bonds is 8. The molecule has 0 aliphatic rings. The fraction of sp³-hybridized carbons (Fsp3) is 0.238. The number of hydrogen-bond donors (Lipinski definition) is 2. The Balaban J connectivity index is 1.62. The van der Waals surface area contributed by atoms with E-state index in [-0.39, 0.29) is 29.6 Å². The second-order valence-corrected chi connectivity index (χ2v) is 7.68. The van der Waals surface area contributed by atoms with Gasteiger partial charge >= 0.3 is 0 Å². The largest absolute Gasteiger partial charge is 0.475 e. The summed E-state index contributed by atoms with van der Waals surface area (Å²) in [6, 6.07) is 6.29. The van der Waals surface area contributed by atoms with E-state index in [1.807, 2.05) is 0 Å². The maximum absolute atomic E-state index is 13.9. The van der Waals surface area contributed by atoms with Gasteiger partial charge in [0.15, 0.2) is 22.3 Å². The number of halogens is 2. The van der Waals surface area contributed by atoms with Crippen molar-refractivity contribution >= 4 is 34.0 Å². The second kappa shape index (κ2) is 9.61. The molecule has 10 heteroatoms. The van der Waals surface area contributed by atoms with Crippen molar-refractivity contribution in [1.29, 1.82) is 0 Å². The number of nitrogens with zero attached hydrogens (tertiary/aromatic N) is 2. The second-order valence-electron chi connectivity index (χ2n) is 6.83. The molecule has 7 nitrogen and oxygen atoms in total. The minimum absolute atomic E-state index is 0.0175. The van der Waals surface area contributed by atoms with Gasteiger partial charge in [0, 0.05) is 17.6 Å². The summed E-state index contributed by atoms with van der Waals surface area (Å²) in [6.45, 7) is 3.21. The van der Waals surface area contributed by atoms with E-state index in [9.17, 15) is 18.4 Å². The summed E-state index contributed by atoms with van der Waals surface area (Å²) in [6.07, 6.45) is 3.37. The highest BCUT2D eigenvalue weighted by Crippen LogP contribution is 2.27. The molecule has 0 saturated heterocycles. The van der Waals surface area contributed by atoms with Crippen molar-refractivity contribution in [1.82, 2.24) is 9.97 Å². The summed E-state index contributed by atoms with van der Waals surface area (Å²) in [4.78, 5) is 33.1. The van der Waals surface area contributed by atoms with E-state index in [4.69, 9.17) is 4.74 Å². The lowest BCUT2D eigenvalue weighted by Gasteiger charge is -2.28. The van der Waals surface area contributed by atoms with Gasteiger partial charge < -0.3 is 10.1 Å². The number of thiazole rings is 1. The number of carbonyl (C=O) groups is 2. The molecule has 0 fully saturated rings. The van der Waals surface area contributed by atoms with Gasteiger partial charge in [-0.05, 0) is 37.6 Å². The molecule has 1 aromatic carbocycles. The number of amides is 2. The molecular formula is C21H20F2N4O3S. The Morgan fingerprint density at radius 2 is 2.03 bits per heavy atom. The van der Waals surface area contributed by atoms with E-state index in [0.29, 0.717) is 17.4 Å². The van der Waals surface area contributed by atoms with Crippen LogP contribution in [0.25, 0.3) is 0 Å². The molecule has 3 rings (SSSR count). The number of pyridine rings is 1. The third-order valence-corrected chi connectivity index (χ3v) is 5.25. The van der Waals surface area contributed by atoms with Crippen LogP contribution in [-0.2, 0) is 16.0 Å². The molecule has 0 radical (unpaired) electrons. The number of benzene rings is 1. The Labute approximate surface area is 181 Å². The summed E-state index contributed by atoms with van der Waals surface area (Å²) < 4.78 is 32.6. The number of aromatic nitrogens is 2. The number of carbonyl (C=O) groups excluding carboxylic acids is 2. The molecule has 2 heterocycles. The van der Waals surface area contributed by atoms with Gasteiger partial charge in [0.2, 0.25) is 5.91 Å². The van der Waals surface area contributed by atoms with Crippen LogP contribution in [0, 0.1) is 11.6 Å². The van der Waals surface area contributed by atoms with E-state index in [1.165, 1.54) is 13.1 Å². The average Bonchev–Trinajstić information content (AvgIpc) is 3.17. The quantitative estimate of drug-likeness (QED) is 0.541. The first kappa shape index (κ1) is 22.3. The lowest BCUT2D eigenvalue weighted by molar-refractivity contribution is -0.130. The number of hydrogen-bond acceptors (Lipinski definition) is 6. The van der Waals surface area contributed by atoms with Crippen LogP contribution in [0.15, 0.2) is 48.1 Å². The van der Waals surface area contributed by atoms with Gasteiger partial charge in [-0.2, -0.15) is 0 Å². The summed E-state index contributed by atoms with van der Waals surface area (Å²) in [5.41, 5.74) is -0.368. The van der Waals surface area contributed by atoms with Crippen molar-refractivity contribution < 1.29 is 23.1 Å². The standard InChI is InChI=1S/C21H20F2N4O3S/c1-3-21(2,30-17-7-6-13(22)9-16(17)23)19(29)27-20-26-15(12-31-20)10-18(28)25-14-5-4-8-24-11-14/h4-9,11-12H,3,10H2,1-2H3,(H,25,28)(H,26,27,29). The summed E-state index contributed by atoms with van der Waals surface area (Å²) in [5, 5.41) is 7.27. The van der Waals surface area contributed by atoms with Gasteiger partial charge in [-0.15, -0.1) is 11.3 Å². The van der Waals surface area contributed by atoms with Crippen LogP contribution in [0.2, 0.25) is 0 Å². The van der Waals surface area contributed by atoms with Crippen molar-refractivity contribution in [2.75, 3.05) is 10.6 Å². The molecule has 3 aromatic rings. The molecule has 2 aromatic heterocycles. The highest BCUT2D eigenvalue weighted by molar-refractivity contribution is 7.14. The molecule has 0 bridgehead atoms. The molecule has 0 saturated carbocycles. The van der Waals surface area contributed by atoms with Gasteiger partial charge in [-0.25, -0.2) is 13.8 Å². The summed E-state index contributed by atoms with van der Waals surface area (Å²) in [5.74, 6) is -2.68. The van der Waals surface area contributed by atoms with Gasteiger partial charge in [0.05, 0.1) is 24.0 Å². The van der Waals surface area contributed by atoms with Crippen molar-refractivity contribution in [3.63, 3.8) is 0 Å². The van der Waals surface area contributed by atoms with E-state index in [2.05, 4.69) is 20.6 Å². The highest BCUT2D eigenvalue weighted by atomic mass is 32.1. The molecule has 0 spiro atoms. The smallest absolute Gasteiger partial charge is 0.270 e. The van der Waals surface area contributed by atoms with Crippen LogP contribution < -0.4 is 15.4 Å². The molecule has 2 N–H and O–H groups in total. The molecule has 31 heavy (non-hydrogen) atoms. The monoisotopic (exact) mass is 446 g/mol. The fourth-order valence-electron chi connectivity index (χ4n) is 2.56. The molecule has 1 atom stereocenters. The van der Waals surface area contributed by atoms with E-state index in [0.717, 1.165) is 23.5 Å². The molecule has 1 unspecified atom stereocenters. The first-order chi connectivity index (χ1) is 14.8. The first-order valence-electron chi connectivity index (χ1n) is 9.39. The van der Waals surface area contributed by atoms with Crippen LogP contribution in [0.1, 0.15) is 26.0 Å². The topological polar surface area (TPSA) is 93.2 Å². The zero-order valence-electron chi connectivity index (χ0n) is 16.8. The lowest BCUT2D eigenvalue weighted by Crippen LogP contribution is -2.45. The first-order valence-corrected chi connectivity index (χ1v) is 10.3. The van der Waals surface area contributed by atoms with E-state index < -0.39 is 23.1 Å². The van der Waals surface area contributed by atoms with Crippen molar-refractivity contribution in [3.8, 4) is 5.75 Å². The fourth-order valence-corrected chi connectivity index (χ4v) is 3.27. The number of ether oxygens (including phenoxy) is 1. The zero-order chi connectivity index (χ0) is 22.4. The highest BCUT2D eigenvalue weighted by Gasteiger charge is 2.35. The molecular weight excluding hydrogens is 426 g/mol. The molecule has 0 aliphatic heterocycles. The van der Waals surface area contributed by atoms with Gasteiger partial charge in [-0.1, -0.05) is 6.92 Å². The van der Waals surface area contributed by atoms with Crippen LogP contribution in [0.4, 0.5) is 19.6 Å². The maximum atomic E-state index is 13.9. The Kier molecular flexibility index (Phi) is 6.91. The third-order valence-electron chi connectivity index (χ3n) is 4.44. The number of anilines is 2. The van der Waals surface area contributed by atoms with E-state index in [1.54, 1.807) is 30.6 Å². The van der Waals surface area contributed by atoms with Crippen LogP contribution in [0.5, 0.6) is 5.75 Å². The number of nitrogens with one attached hydrogen (secondary N) is 2. The molecule has 162 valence electrons.